The highest BCUT2D eigenvalue weighted by molar-refractivity contribution is 7.99. The first-order valence-electron chi connectivity index (χ1n) is 7.96. The van der Waals surface area contributed by atoms with Crippen LogP contribution in [-0.4, -0.2) is 52.6 Å². The molecule has 1 amide bonds. The zero-order chi connectivity index (χ0) is 15.9. The third kappa shape index (κ3) is 5.21. The van der Waals surface area contributed by atoms with Crippen molar-refractivity contribution in [3.05, 3.63) is 29.8 Å². The standard InChI is InChI=1S/C17H26N2O2S/c1-13(3-4-15-5-7-16(20)8-6-15)18-17(21)14(2)19-9-11-22-12-10-19/h5-8,13-14,20H,3-4,9-12H2,1-2H3,(H,18,21)/t13-,14-/m0/s1. The maximum absolute atomic E-state index is 12.3. The average Bonchev–Trinajstić information content (AvgIpc) is 2.54. The Hall–Kier alpha value is -1.20. The first-order valence-corrected chi connectivity index (χ1v) is 9.12. The fourth-order valence-electron chi connectivity index (χ4n) is 2.61. The average molecular weight is 322 g/mol. The van der Waals surface area contributed by atoms with E-state index in [1.54, 1.807) is 12.1 Å². The fourth-order valence-corrected chi connectivity index (χ4v) is 3.54. The minimum absolute atomic E-state index is 0.0444. The molecule has 5 heteroatoms. The molecule has 1 saturated heterocycles. The van der Waals surface area contributed by atoms with Crippen LogP contribution in [-0.2, 0) is 11.2 Å². The number of phenols is 1. The lowest BCUT2D eigenvalue weighted by Crippen LogP contribution is -2.50. The zero-order valence-electron chi connectivity index (χ0n) is 13.4. The van der Waals surface area contributed by atoms with Crippen molar-refractivity contribution in [2.24, 2.45) is 0 Å². The van der Waals surface area contributed by atoms with Crippen LogP contribution in [0.15, 0.2) is 24.3 Å². The summed E-state index contributed by atoms with van der Waals surface area (Å²) in [6.45, 7) is 6.05. The summed E-state index contributed by atoms with van der Waals surface area (Å²) in [5, 5.41) is 12.4. The van der Waals surface area contributed by atoms with E-state index >= 15 is 0 Å². The molecule has 1 fully saturated rings. The monoisotopic (exact) mass is 322 g/mol. The third-order valence-electron chi connectivity index (χ3n) is 4.16. The molecule has 0 bridgehead atoms. The number of rotatable bonds is 6. The first-order chi connectivity index (χ1) is 10.6. The lowest BCUT2D eigenvalue weighted by Gasteiger charge is -2.31. The van der Waals surface area contributed by atoms with Crippen LogP contribution in [0, 0.1) is 0 Å². The van der Waals surface area contributed by atoms with E-state index < -0.39 is 0 Å². The lowest BCUT2D eigenvalue weighted by atomic mass is 10.1. The number of hydrogen-bond acceptors (Lipinski definition) is 4. The smallest absolute Gasteiger partial charge is 0.237 e. The van der Waals surface area contributed by atoms with Crippen LogP contribution in [0.5, 0.6) is 5.75 Å². The molecule has 0 spiro atoms. The van der Waals surface area contributed by atoms with Gasteiger partial charge in [0.2, 0.25) is 5.91 Å². The number of phenolic OH excluding ortho intramolecular Hbond substituents is 1. The molecule has 0 unspecified atom stereocenters. The second kappa shape index (κ2) is 8.44. The highest BCUT2D eigenvalue weighted by atomic mass is 32.2. The third-order valence-corrected chi connectivity index (χ3v) is 5.11. The lowest BCUT2D eigenvalue weighted by molar-refractivity contribution is -0.126. The summed E-state index contributed by atoms with van der Waals surface area (Å²) in [6.07, 6.45) is 1.80. The van der Waals surface area contributed by atoms with Crippen LogP contribution in [0.2, 0.25) is 0 Å². The van der Waals surface area contributed by atoms with Gasteiger partial charge in [-0.05, 0) is 44.4 Å². The Morgan fingerprint density at radius 3 is 2.55 bits per heavy atom. The van der Waals surface area contributed by atoms with E-state index in [-0.39, 0.29) is 18.0 Å². The van der Waals surface area contributed by atoms with Gasteiger partial charge in [-0.3, -0.25) is 9.69 Å². The number of nitrogens with zero attached hydrogens (tertiary/aromatic N) is 1. The van der Waals surface area contributed by atoms with Crippen molar-refractivity contribution in [1.82, 2.24) is 10.2 Å². The summed E-state index contributed by atoms with van der Waals surface area (Å²) < 4.78 is 0. The summed E-state index contributed by atoms with van der Waals surface area (Å²) in [7, 11) is 0. The maximum Gasteiger partial charge on any atom is 0.237 e. The molecular formula is C17H26N2O2S. The molecule has 0 saturated carbocycles. The van der Waals surface area contributed by atoms with Crippen molar-refractivity contribution in [3.63, 3.8) is 0 Å². The van der Waals surface area contributed by atoms with Crippen molar-refractivity contribution < 1.29 is 9.90 Å². The van der Waals surface area contributed by atoms with E-state index in [2.05, 4.69) is 17.1 Å². The highest BCUT2D eigenvalue weighted by Crippen LogP contribution is 2.14. The summed E-state index contributed by atoms with van der Waals surface area (Å²) in [5.74, 6) is 2.66. The molecule has 0 radical (unpaired) electrons. The van der Waals surface area contributed by atoms with Crippen molar-refractivity contribution in [2.45, 2.75) is 38.8 Å². The van der Waals surface area contributed by atoms with Crippen LogP contribution in [0.25, 0.3) is 0 Å². The molecule has 1 aliphatic rings. The quantitative estimate of drug-likeness (QED) is 0.843. The van der Waals surface area contributed by atoms with E-state index in [4.69, 9.17) is 0 Å². The van der Waals surface area contributed by atoms with Gasteiger partial charge in [-0.25, -0.2) is 0 Å². The van der Waals surface area contributed by atoms with E-state index in [1.807, 2.05) is 30.8 Å². The Kier molecular flexibility index (Phi) is 6.58. The number of hydrogen-bond donors (Lipinski definition) is 2. The summed E-state index contributed by atoms with van der Waals surface area (Å²) in [6, 6.07) is 7.37. The van der Waals surface area contributed by atoms with Crippen LogP contribution in [0.3, 0.4) is 0 Å². The van der Waals surface area contributed by atoms with Crippen molar-refractivity contribution in [2.75, 3.05) is 24.6 Å². The molecule has 2 rings (SSSR count). The van der Waals surface area contributed by atoms with Crippen molar-refractivity contribution in [3.8, 4) is 5.75 Å². The van der Waals surface area contributed by atoms with Crippen LogP contribution < -0.4 is 5.32 Å². The second-order valence-electron chi connectivity index (χ2n) is 5.94. The van der Waals surface area contributed by atoms with Gasteiger partial charge in [-0.1, -0.05) is 12.1 Å². The number of amides is 1. The highest BCUT2D eigenvalue weighted by Gasteiger charge is 2.23. The minimum atomic E-state index is -0.0444. The topological polar surface area (TPSA) is 52.6 Å². The predicted octanol–water partition coefficient (Wildman–Crippen LogP) is 2.27. The van der Waals surface area contributed by atoms with Crippen LogP contribution in [0.4, 0.5) is 0 Å². The number of benzene rings is 1. The van der Waals surface area contributed by atoms with E-state index in [1.165, 1.54) is 5.56 Å². The van der Waals surface area contributed by atoms with Crippen molar-refractivity contribution >= 4 is 17.7 Å². The van der Waals surface area contributed by atoms with Gasteiger partial charge in [-0.15, -0.1) is 0 Å². The van der Waals surface area contributed by atoms with Gasteiger partial charge in [0.05, 0.1) is 6.04 Å². The van der Waals surface area contributed by atoms with Gasteiger partial charge in [0, 0.05) is 30.6 Å². The summed E-state index contributed by atoms with van der Waals surface area (Å²) in [5.41, 5.74) is 1.18. The molecule has 0 aliphatic carbocycles. The molecule has 2 N–H and O–H groups in total. The maximum atomic E-state index is 12.3. The summed E-state index contributed by atoms with van der Waals surface area (Å²) in [4.78, 5) is 14.6. The van der Waals surface area contributed by atoms with Gasteiger partial charge in [-0.2, -0.15) is 11.8 Å². The molecule has 0 aromatic heterocycles. The molecular weight excluding hydrogens is 296 g/mol. The Balaban J connectivity index is 1.74. The molecule has 2 atom stereocenters. The minimum Gasteiger partial charge on any atom is -0.508 e. The van der Waals surface area contributed by atoms with Crippen LogP contribution in [0.1, 0.15) is 25.8 Å². The number of nitrogens with one attached hydrogen (secondary N) is 1. The number of carbonyl (C=O) groups is 1. The number of aryl methyl sites for hydroxylation is 1. The largest absolute Gasteiger partial charge is 0.508 e. The van der Waals surface area contributed by atoms with E-state index in [9.17, 15) is 9.90 Å². The number of thioether (sulfide) groups is 1. The number of aromatic hydroxyl groups is 1. The Bertz CT molecular complexity index is 472. The normalized spacial score (nSPS) is 18.6. The van der Waals surface area contributed by atoms with Gasteiger partial charge >= 0.3 is 0 Å². The zero-order valence-corrected chi connectivity index (χ0v) is 14.2. The van der Waals surface area contributed by atoms with Gasteiger partial charge in [0.1, 0.15) is 5.75 Å². The molecule has 1 heterocycles. The Morgan fingerprint density at radius 1 is 1.27 bits per heavy atom. The number of carbonyl (C=O) groups excluding carboxylic acids is 1. The molecule has 1 aromatic carbocycles. The van der Waals surface area contributed by atoms with Crippen molar-refractivity contribution in [1.29, 1.82) is 0 Å². The van der Waals surface area contributed by atoms with E-state index in [0.29, 0.717) is 5.75 Å². The first kappa shape index (κ1) is 17.2. The molecule has 122 valence electrons. The molecule has 4 nitrogen and oxygen atoms in total. The molecule has 1 aromatic rings. The predicted molar refractivity (Wildman–Crippen MR) is 92.4 cm³/mol. The van der Waals surface area contributed by atoms with Crippen LogP contribution >= 0.6 is 11.8 Å². The van der Waals surface area contributed by atoms with Gasteiger partial charge in [0.15, 0.2) is 0 Å². The molecule has 1 aliphatic heterocycles. The Morgan fingerprint density at radius 2 is 1.91 bits per heavy atom. The second-order valence-corrected chi connectivity index (χ2v) is 7.16. The molecule has 22 heavy (non-hydrogen) atoms. The fraction of sp³-hybridized carbons (Fsp3) is 0.588. The SMILES string of the molecule is C[C@@H](CCc1ccc(O)cc1)NC(=O)[C@H](C)N1CCSCC1. The summed E-state index contributed by atoms with van der Waals surface area (Å²) >= 11 is 1.96. The Labute approximate surface area is 137 Å². The van der Waals surface area contributed by atoms with Gasteiger partial charge in [0.25, 0.3) is 0 Å². The van der Waals surface area contributed by atoms with Gasteiger partial charge < -0.3 is 10.4 Å². The van der Waals surface area contributed by atoms with E-state index in [0.717, 1.165) is 37.4 Å².